The van der Waals surface area contributed by atoms with Gasteiger partial charge in [0.1, 0.15) is 0 Å². The van der Waals surface area contributed by atoms with Gasteiger partial charge < -0.3 is 20.0 Å². The quantitative estimate of drug-likeness (QED) is 0.190. The Morgan fingerprint density at radius 1 is 0.365 bits per heavy atom. The molecule has 0 radical (unpaired) electrons. The van der Waals surface area contributed by atoms with Gasteiger partial charge in [-0.15, -0.1) is 0 Å². The number of hydrogen-bond acceptors (Lipinski definition) is 4. The van der Waals surface area contributed by atoms with Crippen molar-refractivity contribution in [3.63, 3.8) is 0 Å². The Bertz CT molecular complexity index is 1720. The van der Waals surface area contributed by atoms with E-state index < -0.39 is 0 Å². The van der Waals surface area contributed by atoms with E-state index in [9.17, 15) is 0 Å². The molecule has 0 aliphatic carbocycles. The summed E-state index contributed by atoms with van der Waals surface area (Å²) < 4.78 is 0. The lowest BCUT2D eigenvalue weighted by atomic mass is 9.80. The molecule has 354 valence electrons. The van der Waals surface area contributed by atoms with Gasteiger partial charge in [0.2, 0.25) is 0 Å². The molecule has 0 saturated heterocycles. The first-order valence-electron chi connectivity index (χ1n) is 25.0. The molecule has 4 atom stereocenters. The van der Waals surface area contributed by atoms with E-state index in [2.05, 4.69) is 221 Å². The Kier molecular flexibility index (Phi) is 23.1. The summed E-state index contributed by atoms with van der Waals surface area (Å²) in [6.07, 6.45) is 4.92. The minimum absolute atomic E-state index is 0.244. The minimum Gasteiger partial charge on any atom is -0.380 e. The van der Waals surface area contributed by atoms with Gasteiger partial charge in [-0.05, 0) is 151 Å². The zero-order valence-electron chi connectivity index (χ0n) is 45.2. The van der Waals surface area contributed by atoms with Crippen LogP contribution >= 0.6 is 0 Å². The van der Waals surface area contributed by atoms with Gasteiger partial charge in [0.05, 0.1) is 0 Å². The van der Waals surface area contributed by atoms with E-state index in [1.165, 1.54) is 70.7 Å². The fourth-order valence-electron chi connectivity index (χ4n) is 9.93. The average Bonchev–Trinajstić information content (AvgIpc) is 3.27. The number of hydrogen-bond donors (Lipinski definition) is 1. The standard InChI is InChI=1S/3C13H19N.C12H17N.4C2H6/c3*1-10-9-13(2,3)14(4)12-8-6-5-7-11(10)12;1-9-8-12(2,3)13-11-7-5-4-6-10(9)11;4*1-2/h3*5-8,10H,9H2,1-4H3;4-7,9,13H,8H2,1-3H3;4*1-2H3/t2*10-;;;;;;/m10....../s1. The molecule has 0 aromatic heterocycles. The van der Waals surface area contributed by atoms with Crippen molar-refractivity contribution in [1.29, 1.82) is 0 Å². The zero-order chi connectivity index (χ0) is 48.5. The smallest absolute Gasteiger partial charge is 0.0403 e. The van der Waals surface area contributed by atoms with Gasteiger partial charge in [-0.2, -0.15) is 0 Å². The summed E-state index contributed by atoms with van der Waals surface area (Å²) in [7, 11) is 6.60. The molecule has 4 nitrogen and oxygen atoms in total. The highest BCUT2D eigenvalue weighted by Crippen LogP contribution is 2.44. The third-order valence-electron chi connectivity index (χ3n) is 13.4. The van der Waals surface area contributed by atoms with Gasteiger partial charge in [-0.25, -0.2) is 0 Å². The highest BCUT2D eigenvalue weighted by atomic mass is 15.2. The van der Waals surface area contributed by atoms with E-state index in [1.807, 2.05) is 55.4 Å². The molecule has 4 heteroatoms. The highest BCUT2D eigenvalue weighted by Gasteiger charge is 2.36. The van der Waals surface area contributed by atoms with Gasteiger partial charge >= 0.3 is 0 Å². The maximum Gasteiger partial charge on any atom is 0.0403 e. The Hall–Kier alpha value is -3.92. The molecule has 4 aromatic rings. The first kappa shape index (κ1) is 57.1. The van der Waals surface area contributed by atoms with E-state index in [4.69, 9.17) is 0 Å². The van der Waals surface area contributed by atoms with E-state index in [0.29, 0.717) is 23.7 Å². The molecule has 8 rings (SSSR count). The number of nitrogens with zero attached hydrogens (tertiary/aromatic N) is 3. The normalized spacial score (nSPS) is 21.9. The fourth-order valence-corrected chi connectivity index (χ4v) is 9.93. The van der Waals surface area contributed by atoms with Crippen LogP contribution in [0.4, 0.5) is 22.7 Å². The maximum absolute atomic E-state index is 3.57. The molecular formula is C59H98N4. The first-order chi connectivity index (χ1) is 29.6. The number of para-hydroxylation sites is 4. The van der Waals surface area contributed by atoms with Crippen molar-refractivity contribution >= 4 is 22.7 Å². The second-order valence-electron chi connectivity index (χ2n) is 19.8. The Morgan fingerprint density at radius 3 is 0.905 bits per heavy atom. The van der Waals surface area contributed by atoms with Crippen LogP contribution in [0.25, 0.3) is 0 Å². The number of fused-ring (bicyclic) bond motifs is 4. The van der Waals surface area contributed by atoms with E-state index in [0.717, 1.165) is 0 Å². The molecule has 0 amide bonds. The zero-order valence-corrected chi connectivity index (χ0v) is 45.2. The van der Waals surface area contributed by atoms with Crippen LogP contribution < -0.4 is 20.0 Å². The van der Waals surface area contributed by atoms with Crippen molar-refractivity contribution in [2.75, 3.05) is 41.2 Å². The molecule has 4 aliphatic rings. The van der Waals surface area contributed by atoms with Crippen molar-refractivity contribution in [2.24, 2.45) is 0 Å². The summed E-state index contributed by atoms with van der Waals surface area (Å²) >= 11 is 0. The molecular weight excluding hydrogens is 765 g/mol. The third kappa shape index (κ3) is 14.8. The van der Waals surface area contributed by atoms with E-state index >= 15 is 0 Å². The lowest BCUT2D eigenvalue weighted by Crippen LogP contribution is -2.45. The average molecular weight is 863 g/mol. The summed E-state index contributed by atoms with van der Waals surface area (Å²) in [5.41, 5.74) is 12.6. The van der Waals surface area contributed by atoms with Crippen molar-refractivity contribution in [3.05, 3.63) is 119 Å². The summed E-state index contributed by atoms with van der Waals surface area (Å²) in [6, 6.07) is 34.9. The maximum atomic E-state index is 3.57. The van der Waals surface area contributed by atoms with Crippen LogP contribution in [0.5, 0.6) is 0 Å². The molecule has 1 N–H and O–H groups in total. The van der Waals surface area contributed by atoms with Gasteiger partial charge in [0, 0.05) is 66.0 Å². The second-order valence-corrected chi connectivity index (χ2v) is 19.8. The summed E-state index contributed by atoms with van der Waals surface area (Å²) in [5, 5.41) is 3.57. The third-order valence-corrected chi connectivity index (χ3v) is 13.4. The van der Waals surface area contributed by atoms with E-state index in [1.54, 1.807) is 0 Å². The fraction of sp³-hybridized carbons (Fsp3) is 0.593. The topological polar surface area (TPSA) is 21.8 Å². The number of rotatable bonds is 0. The van der Waals surface area contributed by atoms with E-state index in [-0.39, 0.29) is 22.2 Å². The number of benzene rings is 4. The number of nitrogens with one attached hydrogen (secondary N) is 1. The Morgan fingerprint density at radius 2 is 0.603 bits per heavy atom. The lowest BCUT2D eigenvalue weighted by Gasteiger charge is -2.45. The van der Waals surface area contributed by atoms with Gasteiger partial charge in [-0.3, -0.25) is 0 Å². The molecule has 2 unspecified atom stereocenters. The highest BCUT2D eigenvalue weighted by molar-refractivity contribution is 5.61. The molecule has 0 saturated carbocycles. The van der Waals surface area contributed by atoms with Crippen LogP contribution in [0.15, 0.2) is 97.1 Å². The summed E-state index contributed by atoms with van der Waals surface area (Å²) in [5.74, 6) is 2.71. The monoisotopic (exact) mass is 863 g/mol. The van der Waals surface area contributed by atoms with Crippen LogP contribution in [0, 0.1) is 0 Å². The van der Waals surface area contributed by atoms with Gasteiger partial charge in [0.25, 0.3) is 0 Å². The van der Waals surface area contributed by atoms with Crippen LogP contribution in [-0.4, -0.2) is 43.3 Å². The summed E-state index contributed by atoms with van der Waals surface area (Å²) in [4.78, 5) is 7.22. The van der Waals surface area contributed by atoms with Crippen LogP contribution in [0.2, 0.25) is 0 Å². The molecule has 0 spiro atoms. The Labute approximate surface area is 391 Å². The SMILES string of the molecule is CC.CC.CC.CC.CC1CC(C)(C)N(C)c2ccccc21.CC1CC(C)(C)Nc2ccccc21.C[C@@H]1CC(C)(C)N(C)c2ccccc21.C[C@H]1CC(C)(C)N(C)c2ccccc21. The molecule has 4 heterocycles. The first-order valence-corrected chi connectivity index (χ1v) is 25.0. The predicted octanol–water partition coefficient (Wildman–Crippen LogP) is 17.7. The molecule has 63 heavy (non-hydrogen) atoms. The molecule has 4 aliphatic heterocycles. The molecule has 0 bridgehead atoms. The predicted molar refractivity (Wildman–Crippen MR) is 288 cm³/mol. The van der Waals surface area contributed by atoms with Crippen molar-refractivity contribution in [3.8, 4) is 0 Å². The second kappa shape index (κ2) is 25.5. The van der Waals surface area contributed by atoms with Crippen molar-refractivity contribution in [2.45, 2.75) is 210 Å². The number of anilines is 4. The largest absolute Gasteiger partial charge is 0.380 e. The van der Waals surface area contributed by atoms with Gasteiger partial charge in [0.15, 0.2) is 0 Å². The van der Waals surface area contributed by atoms with Crippen LogP contribution in [0.3, 0.4) is 0 Å². The summed E-state index contributed by atoms with van der Waals surface area (Å²) in [6.45, 7) is 43.7. The lowest BCUT2D eigenvalue weighted by molar-refractivity contribution is 0.395. The minimum atomic E-state index is 0.244. The van der Waals surface area contributed by atoms with Gasteiger partial charge in [-0.1, -0.05) is 156 Å². The van der Waals surface area contributed by atoms with Crippen LogP contribution in [-0.2, 0) is 0 Å². The van der Waals surface area contributed by atoms with Crippen LogP contribution in [0.1, 0.15) is 210 Å². The Balaban J connectivity index is 0.000000398. The molecule has 4 aromatic carbocycles. The van der Waals surface area contributed by atoms with Crippen molar-refractivity contribution in [1.82, 2.24) is 0 Å². The molecule has 0 fully saturated rings. The van der Waals surface area contributed by atoms with Crippen molar-refractivity contribution < 1.29 is 0 Å².